The number of hydrogen-bond donors (Lipinski definition) is 0. The summed E-state index contributed by atoms with van der Waals surface area (Å²) < 4.78 is 29.0. The number of rotatable bonds is 1. The molecule has 1 spiro atoms. The Morgan fingerprint density at radius 3 is 2.81 bits per heavy atom. The molecule has 1 fully saturated rings. The highest BCUT2D eigenvalue weighted by molar-refractivity contribution is 6.30. The van der Waals surface area contributed by atoms with E-state index in [2.05, 4.69) is 25.1 Å². The van der Waals surface area contributed by atoms with Crippen LogP contribution in [0.1, 0.15) is 19.4 Å². The number of hydrogen-bond acceptors (Lipinski definition) is 7. The van der Waals surface area contributed by atoms with Gasteiger partial charge in [-0.15, -0.1) is 0 Å². The standard InChI is InChI=1S/C21H20ClFN6O2/c1-11-6-28-17-13(4-21(8-24-10-25-9-21)19(28)12(2)30-11)3-15-18(16(17)23)31-27-20(15)29-7-14(22)5-26-29/h3,5,7-9,11-12,19H,4,6,10H2,1-2H3/t11-,12+,19-/m1/s1. The highest BCUT2D eigenvalue weighted by Gasteiger charge is 2.52. The quantitative estimate of drug-likeness (QED) is 0.576. The van der Waals surface area contributed by atoms with Gasteiger partial charge in [0.25, 0.3) is 0 Å². The van der Waals surface area contributed by atoms with Gasteiger partial charge in [-0.2, -0.15) is 5.10 Å². The van der Waals surface area contributed by atoms with Crippen molar-refractivity contribution >= 4 is 40.7 Å². The van der Waals surface area contributed by atoms with Gasteiger partial charge in [0.1, 0.15) is 6.67 Å². The maximum Gasteiger partial charge on any atom is 0.206 e. The zero-order valence-corrected chi connectivity index (χ0v) is 17.8. The molecule has 3 aromatic rings. The Morgan fingerprint density at radius 1 is 1.26 bits per heavy atom. The van der Waals surface area contributed by atoms with Crippen LogP contribution in [0.15, 0.2) is 33.0 Å². The number of halogens is 2. The first-order chi connectivity index (χ1) is 15.0. The first-order valence-corrected chi connectivity index (χ1v) is 10.6. The van der Waals surface area contributed by atoms with Crippen molar-refractivity contribution in [3.05, 3.63) is 34.9 Å². The van der Waals surface area contributed by atoms with E-state index in [1.165, 1.54) is 10.9 Å². The van der Waals surface area contributed by atoms with Gasteiger partial charge in [-0.05, 0) is 31.9 Å². The van der Waals surface area contributed by atoms with Gasteiger partial charge < -0.3 is 14.2 Å². The van der Waals surface area contributed by atoms with Gasteiger partial charge in [0.2, 0.25) is 11.4 Å². The van der Waals surface area contributed by atoms with Crippen LogP contribution < -0.4 is 4.90 Å². The van der Waals surface area contributed by atoms with Crippen LogP contribution >= 0.6 is 11.6 Å². The van der Waals surface area contributed by atoms with E-state index in [0.29, 0.717) is 41.5 Å². The monoisotopic (exact) mass is 442 g/mol. The van der Waals surface area contributed by atoms with E-state index in [9.17, 15) is 0 Å². The second-order valence-corrected chi connectivity index (χ2v) is 8.92. The van der Waals surface area contributed by atoms with Gasteiger partial charge in [0.05, 0.1) is 52.2 Å². The van der Waals surface area contributed by atoms with Crippen molar-refractivity contribution in [2.45, 2.75) is 38.5 Å². The molecule has 1 saturated heterocycles. The second kappa shape index (κ2) is 6.61. The largest absolute Gasteiger partial charge is 0.372 e. The maximum atomic E-state index is 15.9. The number of aromatic nitrogens is 3. The number of fused-ring (bicyclic) bond motifs is 5. The summed E-state index contributed by atoms with van der Waals surface area (Å²) in [4.78, 5) is 11.0. The minimum atomic E-state index is -0.475. The molecule has 0 bridgehead atoms. The Hall–Kier alpha value is -2.78. The molecule has 2 aromatic heterocycles. The van der Waals surface area contributed by atoms with E-state index in [4.69, 9.17) is 20.9 Å². The predicted molar refractivity (Wildman–Crippen MR) is 115 cm³/mol. The van der Waals surface area contributed by atoms with Crippen molar-refractivity contribution in [2.75, 3.05) is 18.1 Å². The van der Waals surface area contributed by atoms with E-state index in [0.717, 1.165) is 5.56 Å². The van der Waals surface area contributed by atoms with E-state index < -0.39 is 11.2 Å². The Labute approximate surface area is 182 Å². The molecule has 1 aromatic carbocycles. The Kier molecular flexibility index (Phi) is 4.04. The summed E-state index contributed by atoms with van der Waals surface area (Å²) in [5.74, 6) is -0.0233. The van der Waals surface area contributed by atoms with Crippen LogP contribution in [0, 0.1) is 11.2 Å². The van der Waals surface area contributed by atoms with Crippen LogP contribution in [0.3, 0.4) is 0 Å². The summed E-state index contributed by atoms with van der Waals surface area (Å²) in [6.45, 7) is 5.00. The van der Waals surface area contributed by atoms with Crippen LogP contribution in [-0.2, 0) is 11.2 Å². The lowest BCUT2D eigenvalue weighted by atomic mass is 9.69. The third-order valence-electron chi connectivity index (χ3n) is 6.35. The lowest BCUT2D eigenvalue weighted by Crippen LogP contribution is -2.65. The lowest BCUT2D eigenvalue weighted by Gasteiger charge is -2.54. The van der Waals surface area contributed by atoms with Crippen molar-refractivity contribution in [1.29, 1.82) is 0 Å². The number of benzene rings is 1. The molecule has 0 saturated carbocycles. The topological polar surface area (TPSA) is 81.0 Å². The normalized spacial score (nSPS) is 26.5. The van der Waals surface area contributed by atoms with Gasteiger partial charge in [0.15, 0.2) is 5.82 Å². The minimum Gasteiger partial charge on any atom is -0.372 e. The molecule has 0 N–H and O–H groups in total. The molecule has 31 heavy (non-hydrogen) atoms. The molecule has 3 atom stereocenters. The molecule has 160 valence electrons. The van der Waals surface area contributed by atoms with Crippen LogP contribution in [0.2, 0.25) is 5.02 Å². The molecular weight excluding hydrogens is 423 g/mol. The van der Waals surface area contributed by atoms with Gasteiger partial charge in [-0.1, -0.05) is 16.8 Å². The summed E-state index contributed by atoms with van der Waals surface area (Å²) in [7, 11) is 0. The van der Waals surface area contributed by atoms with Gasteiger partial charge in [-0.3, -0.25) is 9.98 Å². The summed E-state index contributed by atoms with van der Waals surface area (Å²) in [6.07, 6.45) is 7.41. The minimum absolute atomic E-state index is 0.0432. The van der Waals surface area contributed by atoms with E-state index in [-0.39, 0.29) is 23.8 Å². The summed E-state index contributed by atoms with van der Waals surface area (Å²) >= 11 is 6.01. The number of anilines is 1. The van der Waals surface area contributed by atoms with E-state index in [1.807, 2.05) is 32.3 Å². The van der Waals surface area contributed by atoms with Crippen LogP contribution in [0.25, 0.3) is 16.8 Å². The third-order valence-corrected chi connectivity index (χ3v) is 6.54. The van der Waals surface area contributed by atoms with Crippen LogP contribution in [0.5, 0.6) is 0 Å². The Balaban J connectivity index is 1.59. The predicted octanol–water partition coefficient (Wildman–Crippen LogP) is 3.44. The number of aliphatic imine (C=N–C) groups is 2. The molecule has 10 heteroatoms. The molecule has 0 unspecified atom stereocenters. The fraction of sp³-hybridized carbons (Fsp3) is 0.429. The molecule has 3 aliphatic heterocycles. The maximum absolute atomic E-state index is 15.9. The molecule has 0 radical (unpaired) electrons. The van der Waals surface area contributed by atoms with Gasteiger partial charge >= 0.3 is 0 Å². The number of nitrogens with zero attached hydrogens (tertiary/aromatic N) is 6. The molecule has 3 aliphatic rings. The average Bonchev–Trinajstić information content (AvgIpc) is 3.34. The molecule has 8 nitrogen and oxygen atoms in total. The summed E-state index contributed by atoms with van der Waals surface area (Å²) in [6, 6.07) is 1.82. The number of ether oxygens (including phenoxy) is 1. The van der Waals surface area contributed by atoms with Gasteiger partial charge in [-0.25, -0.2) is 9.07 Å². The smallest absolute Gasteiger partial charge is 0.206 e. The highest BCUT2D eigenvalue weighted by Crippen LogP contribution is 2.47. The van der Waals surface area contributed by atoms with Crippen molar-refractivity contribution in [2.24, 2.45) is 15.4 Å². The van der Waals surface area contributed by atoms with Crippen LogP contribution in [0.4, 0.5) is 10.1 Å². The zero-order valence-electron chi connectivity index (χ0n) is 17.0. The fourth-order valence-electron chi connectivity index (χ4n) is 5.36. The first kappa shape index (κ1) is 18.9. The summed E-state index contributed by atoms with van der Waals surface area (Å²) in [5, 5.41) is 9.27. The lowest BCUT2D eigenvalue weighted by molar-refractivity contribution is -0.0432. The Bertz CT molecular complexity index is 1240. The van der Waals surface area contributed by atoms with Crippen molar-refractivity contribution in [1.82, 2.24) is 14.9 Å². The third kappa shape index (κ3) is 2.69. The van der Waals surface area contributed by atoms with Crippen molar-refractivity contribution in [3.8, 4) is 5.82 Å². The van der Waals surface area contributed by atoms with Gasteiger partial charge in [0, 0.05) is 19.0 Å². The molecule has 0 aliphatic carbocycles. The Morgan fingerprint density at radius 2 is 2.06 bits per heavy atom. The van der Waals surface area contributed by atoms with Crippen molar-refractivity contribution < 1.29 is 13.7 Å². The molecule has 0 amide bonds. The SMILES string of the molecule is C[C@@H]1CN2c3c(cc4c(-n5cc(Cl)cn5)noc4c3F)CC3(C=NCN=C3)[C@H]2[C@H](C)O1. The van der Waals surface area contributed by atoms with Crippen molar-refractivity contribution in [3.63, 3.8) is 0 Å². The highest BCUT2D eigenvalue weighted by atomic mass is 35.5. The fourth-order valence-corrected chi connectivity index (χ4v) is 5.50. The average molecular weight is 443 g/mol. The van der Waals surface area contributed by atoms with E-state index in [1.54, 1.807) is 6.20 Å². The number of morpholine rings is 1. The zero-order chi connectivity index (χ0) is 21.3. The summed E-state index contributed by atoms with van der Waals surface area (Å²) in [5.41, 5.74) is 1.02. The first-order valence-electron chi connectivity index (χ1n) is 10.2. The van der Waals surface area contributed by atoms with E-state index >= 15 is 4.39 Å². The molecule has 6 rings (SSSR count). The second-order valence-electron chi connectivity index (χ2n) is 8.49. The van der Waals surface area contributed by atoms with Crippen LogP contribution in [-0.4, -0.2) is 58.8 Å². The molecular formula is C21H20ClFN6O2. The molecule has 5 heterocycles.